The third-order valence-corrected chi connectivity index (χ3v) is 2.74. The standard InChI is InChI=1S/C9H11Cl3N2/c1-2-13-14-5-6-3-8(11)9(12)4-7(6)10/h3-4,13-14H,2,5H2,1H3. The van der Waals surface area contributed by atoms with Crippen LogP contribution in [0.25, 0.3) is 0 Å². The molecule has 0 amide bonds. The van der Waals surface area contributed by atoms with E-state index in [9.17, 15) is 0 Å². The predicted octanol–water partition coefficient (Wildman–Crippen LogP) is 3.26. The van der Waals surface area contributed by atoms with E-state index in [4.69, 9.17) is 34.8 Å². The fourth-order valence-electron chi connectivity index (χ4n) is 0.982. The molecule has 0 heterocycles. The first-order valence-corrected chi connectivity index (χ1v) is 5.37. The average molecular weight is 254 g/mol. The zero-order valence-corrected chi connectivity index (χ0v) is 9.97. The summed E-state index contributed by atoms with van der Waals surface area (Å²) in [5.41, 5.74) is 6.89. The number of rotatable bonds is 4. The molecule has 1 aromatic carbocycles. The van der Waals surface area contributed by atoms with Gasteiger partial charge in [0.2, 0.25) is 0 Å². The first-order valence-electron chi connectivity index (χ1n) is 4.24. The van der Waals surface area contributed by atoms with Crippen LogP contribution in [-0.4, -0.2) is 6.54 Å². The van der Waals surface area contributed by atoms with E-state index in [1.165, 1.54) is 0 Å². The number of nitrogens with one attached hydrogen (secondary N) is 2. The van der Waals surface area contributed by atoms with Crippen molar-refractivity contribution in [3.8, 4) is 0 Å². The van der Waals surface area contributed by atoms with E-state index >= 15 is 0 Å². The van der Waals surface area contributed by atoms with Crippen molar-refractivity contribution in [3.05, 3.63) is 32.8 Å². The summed E-state index contributed by atoms with van der Waals surface area (Å²) in [6.07, 6.45) is 0. The van der Waals surface area contributed by atoms with Crippen LogP contribution >= 0.6 is 34.8 Å². The molecule has 0 spiro atoms. The lowest BCUT2D eigenvalue weighted by Gasteiger charge is -2.08. The van der Waals surface area contributed by atoms with Crippen LogP contribution in [0.5, 0.6) is 0 Å². The van der Waals surface area contributed by atoms with Crippen LogP contribution in [0.15, 0.2) is 12.1 Å². The molecule has 0 bridgehead atoms. The minimum absolute atomic E-state index is 0.476. The molecule has 0 saturated heterocycles. The Kier molecular flexibility index (Phi) is 4.99. The Morgan fingerprint density at radius 1 is 1.00 bits per heavy atom. The van der Waals surface area contributed by atoms with Gasteiger partial charge in [-0.3, -0.25) is 10.9 Å². The molecule has 0 fully saturated rings. The Morgan fingerprint density at radius 2 is 1.64 bits per heavy atom. The summed E-state index contributed by atoms with van der Waals surface area (Å²) in [4.78, 5) is 0. The Bertz CT molecular complexity index is 315. The van der Waals surface area contributed by atoms with Gasteiger partial charge in [0.15, 0.2) is 0 Å². The van der Waals surface area contributed by atoms with Crippen molar-refractivity contribution in [2.75, 3.05) is 6.54 Å². The van der Waals surface area contributed by atoms with E-state index in [2.05, 4.69) is 10.9 Å². The van der Waals surface area contributed by atoms with Gasteiger partial charge in [0.05, 0.1) is 10.0 Å². The van der Waals surface area contributed by atoms with Crippen LogP contribution in [0.3, 0.4) is 0 Å². The van der Waals surface area contributed by atoms with Crippen molar-refractivity contribution in [2.45, 2.75) is 13.5 Å². The molecular weight excluding hydrogens is 242 g/mol. The molecule has 1 rings (SSSR count). The minimum atomic E-state index is 0.476. The molecule has 2 nitrogen and oxygen atoms in total. The molecule has 78 valence electrons. The van der Waals surface area contributed by atoms with Gasteiger partial charge in [-0.15, -0.1) is 0 Å². The van der Waals surface area contributed by atoms with Crippen molar-refractivity contribution in [3.63, 3.8) is 0 Å². The molecule has 5 heteroatoms. The van der Waals surface area contributed by atoms with E-state index in [1.54, 1.807) is 12.1 Å². The average Bonchev–Trinajstić information content (AvgIpc) is 2.14. The molecule has 0 aliphatic carbocycles. The van der Waals surface area contributed by atoms with Crippen molar-refractivity contribution < 1.29 is 0 Å². The Morgan fingerprint density at radius 3 is 2.29 bits per heavy atom. The largest absolute Gasteiger partial charge is 0.258 e. The van der Waals surface area contributed by atoms with Crippen molar-refractivity contribution in [1.29, 1.82) is 0 Å². The normalized spacial score (nSPS) is 10.6. The third kappa shape index (κ3) is 3.30. The zero-order valence-electron chi connectivity index (χ0n) is 7.70. The maximum Gasteiger partial charge on any atom is 0.0607 e. The lowest BCUT2D eigenvalue weighted by molar-refractivity contribution is 0.550. The Balaban J connectivity index is 2.72. The van der Waals surface area contributed by atoms with Crippen molar-refractivity contribution in [1.82, 2.24) is 10.9 Å². The van der Waals surface area contributed by atoms with Crippen LogP contribution in [0.4, 0.5) is 0 Å². The van der Waals surface area contributed by atoms with Gasteiger partial charge in [0, 0.05) is 18.1 Å². The maximum absolute atomic E-state index is 5.97. The number of benzene rings is 1. The van der Waals surface area contributed by atoms with Gasteiger partial charge in [-0.2, -0.15) is 0 Å². The summed E-state index contributed by atoms with van der Waals surface area (Å²) < 4.78 is 0. The highest BCUT2D eigenvalue weighted by Gasteiger charge is 2.04. The summed E-state index contributed by atoms with van der Waals surface area (Å²) in [6.45, 7) is 3.46. The first-order chi connectivity index (χ1) is 6.65. The fourth-order valence-corrected chi connectivity index (χ4v) is 1.62. The molecule has 1 aromatic rings. The van der Waals surface area contributed by atoms with Crippen LogP contribution in [0.1, 0.15) is 12.5 Å². The summed E-state index contributed by atoms with van der Waals surface area (Å²) in [6, 6.07) is 3.41. The van der Waals surface area contributed by atoms with Crippen LogP contribution < -0.4 is 10.9 Å². The maximum atomic E-state index is 5.97. The summed E-state index contributed by atoms with van der Waals surface area (Å²) >= 11 is 17.6. The second-order valence-corrected chi connectivity index (χ2v) is 3.96. The van der Waals surface area contributed by atoms with Gasteiger partial charge in [0.25, 0.3) is 0 Å². The number of hydrazine groups is 1. The summed E-state index contributed by atoms with van der Waals surface area (Å²) in [5, 5.41) is 1.61. The van der Waals surface area contributed by atoms with Crippen molar-refractivity contribution >= 4 is 34.8 Å². The topological polar surface area (TPSA) is 24.1 Å². The molecule has 0 radical (unpaired) electrons. The van der Waals surface area contributed by atoms with Gasteiger partial charge < -0.3 is 0 Å². The minimum Gasteiger partial charge on any atom is -0.258 e. The highest BCUT2D eigenvalue weighted by atomic mass is 35.5. The smallest absolute Gasteiger partial charge is 0.0607 e. The van der Waals surface area contributed by atoms with Gasteiger partial charge >= 0.3 is 0 Å². The molecule has 2 N–H and O–H groups in total. The highest BCUT2D eigenvalue weighted by molar-refractivity contribution is 6.43. The first kappa shape index (κ1) is 12.1. The molecule has 0 aromatic heterocycles. The van der Waals surface area contributed by atoms with Crippen molar-refractivity contribution in [2.24, 2.45) is 0 Å². The van der Waals surface area contributed by atoms with E-state index < -0.39 is 0 Å². The van der Waals surface area contributed by atoms with E-state index in [1.807, 2.05) is 6.92 Å². The lowest BCUT2D eigenvalue weighted by atomic mass is 10.2. The van der Waals surface area contributed by atoms with Crippen LogP contribution in [0.2, 0.25) is 15.1 Å². The summed E-state index contributed by atoms with van der Waals surface area (Å²) in [5.74, 6) is 0. The monoisotopic (exact) mass is 252 g/mol. The Labute approximate surface area is 98.5 Å². The van der Waals surface area contributed by atoms with E-state index in [0.717, 1.165) is 12.1 Å². The molecule has 14 heavy (non-hydrogen) atoms. The van der Waals surface area contributed by atoms with Gasteiger partial charge in [-0.25, -0.2) is 0 Å². The van der Waals surface area contributed by atoms with Gasteiger partial charge in [-0.05, 0) is 17.7 Å². The lowest BCUT2D eigenvalue weighted by Crippen LogP contribution is -2.30. The quantitative estimate of drug-likeness (QED) is 0.489. The highest BCUT2D eigenvalue weighted by Crippen LogP contribution is 2.28. The summed E-state index contributed by atoms with van der Waals surface area (Å²) in [7, 11) is 0. The predicted molar refractivity (Wildman–Crippen MR) is 62.0 cm³/mol. The zero-order chi connectivity index (χ0) is 10.6. The SMILES string of the molecule is CCNNCc1cc(Cl)c(Cl)cc1Cl. The molecule has 0 aliphatic rings. The second kappa shape index (κ2) is 5.79. The molecule has 0 aliphatic heterocycles. The van der Waals surface area contributed by atoms with Crippen LogP contribution in [-0.2, 0) is 6.54 Å². The van der Waals surface area contributed by atoms with Crippen LogP contribution in [0, 0.1) is 0 Å². The fraction of sp³-hybridized carbons (Fsp3) is 0.333. The number of halogens is 3. The molecule has 0 saturated carbocycles. The van der Waals surface area contributed by atoms with Gasteiger partial charge in [0.1, 0.15) is 0 Å². The third-order valence-electron chi connectivity index (χ3n) is 1.67. The van der Waals surface area contributed by atoms with E-state index in [-0.39, 0.29) is 0 Å². The molecular formula is C9H11Cl3N2. The number of hydrogen-bond acceptors (Lipinski definition) is 2. The molecule has 0 atom stereocenters. The van der Waals surface area contributed by atoms with E-state index in [0.29, 0.717) is 21.6 Å². The Hall–Kier alpha value is 0.01000. The van der Waals surface area contributed by atoms with Gasteiger partial charge in [-0.1, -0.05) is 41.7 Å². The number of hydrogen-bond donors (Lipinski definition) is 2. The second-order valence-electron chi connectivity index (χ2n) is 2.74. The molecule has 0 unspecified atom stereocenters.